The molecular formula is C5H12N2OS. The summed E-state index contributed by atoms with van der Waals surface area (Å²) < 4.78 is 18.5. The number of hydrogen-bond donors (Lipinski definition) is 2. The molecule has 0 aromatic carbocycles. The van der Waals surface area contributed by atoms with Crippen molar-refractivity contribution in [1.82, 2.24) is 5.32 Å². The van der Waals surface area contributed by atoms with Crippen molar-refractivity contribution in [3.63, 3.8) is 0 Å². The molecule has 1 saturated heterocycles. The third-order valence-electron chi connectivity index (χ3n) is 1.71. The Morgan fingerprint density at radius 3 is 2.44 bits per heavy atom. The van der Waals surface area contributed by atoms with E-state index in [1.165, 1.54) is 0 Å². The molecule has 0 saturated carbocycles. The van der Waals surface area contributed by atoms with Crippen molar-refractivity contribution in [1.29, 1.82) is 4.78 Å². The van der Waals surface area contributed by atoms with Gasteiger partial charge < -0.3 is 5.32 Å². The van der Waals surface area contributed by atoms with Crippen LogP contribution in [0.4, 0.5) is 0 Å². The largest absolute Gasteiger partial charge is 0.314 e. The van der Waals surface area contributed by atoms with Crippen LogP contribution in [-0.2, 0) is 9.73 Å². The SMILES string of the molecule is CCS(=N)(=O)C1CNC1. The molecule has 2 N–H and O–H groups in total. The summed E-state index contributed by atoms with van der Waals surface area (Å²) >= 11 is 0. The summed E-state index contributed by atoms with van der Waals surface area (Å²) in [5.41, 5.74) is 0. The predicted molar refractivity (Wildman–Crippen MR) is 38.1 cm³/mol. The van der Waals surface area contributed by atoms with Crippen LogP contribution in [0.1, 0.15) is 6.92 Å². The van der Waals surface area contributed by atoms with E-state index < -0.39 is 9.73 Å². The van der Waals surface area contributed by atoms with Crippen LogP contribution < -0.4 is 5.32 Å². The maximum atomic E-state index is 11.2. The van der Waals surface area contributed by atoms with Crippen LogP contribution in [0.3, 0.4) is 0 Å². The van der Waals surface area contributed by atoms with E-state index in [0.29, 0.717) is 5.75 Å². The first-order chi connectivity index (χ1) is 4.17. The van der Waals surface area contributed by atoms with E-state index in [2.05, 4.69) is 5.32 Å². The Bertz CT molecular complexity index is 181. The molecule has 4 heteroatoms. The van der Waals surface area contributed by atoms with Crippen LogP contribution in [0.2, 0.25) is 0 Å². The summed E-state index contributed by atoms with van der Waals surface area (Å²) in [5, 5.41) is 3.13. The Hall–Kier alpha value is -0.0900. The van der Waals surface area contributed by atoms with Crippen LogP contribution in [0.15, 0.2) is 0 Å². The number of hydrogen-bond acceptors (Lipinski definition) is 3. The van der Waals surface area contributed by atoms with Gasteiger partial charge >= 0.3 is 0 Å². The van der Waals surface area contributed by atoms with E-state index in [0.717, 1.165) is 13.1 Å². The van der Waals surface area contributed by atoms with Crippen molar-refractivity contribution < 1.29 is 4.21 Å². The maximum absolute atomic E-state index is 11.2. The van der Waals surface area contributed by atoms with Gasteiger partial charge in [0.05, 0.1) is 5.25 Å². The van der Waals surface area contributed by atoms with Gasteiger partial charge in [-0.25, -0.2) is 4.21 Å². The van der Waals surface area contributed by atoms with Gasteiger partial charge in [-0.05, 0) is 0 Å². The summed E-state index contributed by atoms with van der Waals surface area (Å²) in [5.74, 6) is 0.499. The molecule has 0 radical (unpaired) electrons. The molecule has 0 bridgehead atoms. The Labute approximate surface area is 55.8 Å². The molecule has 0 aromatic heterocycles. The third kappa shape index (κ3) is 1.24. The van der Waals surface area contributed by atoms with Crippen molar-refractivity contribution in [3.8, 4) is 0 Å². The lowest BCUT2D eigenvalue weighted by Gasteiger charge is -2.28. The van der Waals surface area contributed by atoms with E-state index >= 15 is 0 Å². The second kappa shape index (κ2) is 2.27. The summed E-state index contributed by atoms with van der Waals surface area (Å²) in [6, 6.07) is 0. The minimum Gasteiger partial charge on any atom is -0.314 e. The van der Waals surface area contributed by atoms with E-state index in [1.54, 1.807) is 0 Å². The molecule has 0 aliphatic carbocycles. The van der Waals surface area contributed by atoms with Crippen LogP contribution in [0.25, 0.3) is 0 Å². The highest BCUT2D eigenvalue weighted by molar-refractivity contribution is 7.93. The van der Waals surface area contributed by atoms with Crippen LogP contribution in [0, 0.1) is 4.78 Å². The Kier molecular flexibility index (Phi) is 1.77. The summed E-state index contributed by atoms with van der Waals surface area (Å²) in [6.07, 6.45) is 0. The quantitative estimate of drug-likeness (QED) is 0.580. The summed E-state index contributed by atoms with van der Waals surface area (Å²) in [4.78, 5) is 0. The lowest BCUT2D eigenvalue weighted by atomic mass is 10.3. The predicted octanol–water partition coefficient (Wildman–Crippen LogP) is 0.0249. The summed E-state index contributed by atoms with van der Waals surface area (Å²) in [6.45, 7) is 3.36. The fourth-order valence-electron chi connectivity index (χ4n) is 0.767. The standard InChI is InChI=1S/C5H12N2OS/c1-2-9(6,8)5-3-7-4-5/h5-7H,2-4H2,1H3. The van der Waals surface area contributed by atoms with Crippen molar-refractivity contribution in [2.75, 3.05) is 18.8 Å². The fourth-order valence-corrected chi connectivity index (χ4v) is 2.01. The van der Waals surface area contributed by atoms with Crippen molar-refractivity contribution >= 4 is 9.73 Å². The normalized spacial score (nSPS) is 26.8. The minimum absolute atomic E-state index is 0.127. The molecular weight excluding hydrogens is 136 g/mol. The average molecular weight is 148 g/mol. The van der Waals surface area contributed by atoms with Crippen LogP contribution in [0.5, 0.6) is 0 Å². The molecule has 0 aromatic rings. The highest BCUT2D eigenvalue weighted by atomic mass is 32.2. The summed E-state index contributed by atoms with van der Waals surface area (Å²) in [7, 11) is -2.22. The molecule has 1 aliphatic rings. The van der Waals surface area contributed by atoms with Crippen molar-refractivity contribution in [2.45, 2.75) is 12.2 Å². The van der Waals surface area contributed by atoms with Crippen LogP contribution in [-0.4, -0.2) is 28.3 Å². The molecule has 0 amide bonds. The van der Waals surface area contributed by atoms with E-state index in [-0.39, 0.29) is 5.25 Å². The number of rotatable bonds is 2. The van der Waals surface area contributed by atoms with Gasteiger partial charge in [-0.3, -0.25) is 4.78 Å². The van der Waals surface area contributed by atoms with Gasteiger partial charge in [-0.1, -0.05) is 6.92 Å². The Morgan fingerprint density at radius 2 is 2.33 bits per heavy atom. The zero-order chi connectivity index (χ0) is 6.91. The third-order valence-corrected chi connectivity index (χ3v) is 3.98. The molecule has 1 unspecified atom stereocenters. The molecule has 54 valence electrons. The lowest BCUT2D eigenvalue weighted by Crippen LogP contribution is -2.51. The first kappa shape index (κ1) is 7.02. The Morgan fingerprint density at radius 1 is 1.78 bits per heavy atom. The zero-order valence-corrected chi connectivity index (χ0v) is 6.33. The van der Waals surface area contributed by atoms with Gasteiger partial charge in [0.15, 0.2) is 0 Å². The molecule has 3 nitrogen and oxygen atoms in total. The molecule has 1 aliphatic heterocycles. The minimum atomic E-state index is -2.22. The van der Waals surface area contributed by atoms with Gasteiger partial charge in [0.25, 0.3) is 0 Å². The fraction of sp³-hybridized carbons (Fsp3) is 1.00. The monoisotopic (exact) mass is 148 g/mol. The van der Waals surface area contributed by atoms with E-state index in [4.69, 9.17) is 4.78 Å². The second-order valence-electron chi connectivity index (χ2n) is 2.30. The zero-order valence-electron chi connectivity index (χ0n) is 5.52. The Balaban J connectivity index is 2.59. The smallest absolute Gasteiger partial charge is 0.0676 e. The first-order valence-electron chi connectivity index (χ1n) is 3.13. The van der Waals surface area contributed by atoms with E-state index in [9.17, 15) is 4.21 Å². The highest BCUT2D eigenvalue weighted by Gasteiger charge is 2.25. The topological polar surface area (TPSA) is 53.0 Å². The van der Waals surface area contributed by atoms with Crippen LogP contribution >= 0.6 is 0 Å². The second-order valence-corrected chi connectivity index (χ2v) is 4.99. The van der Waals surface area contributed by atoms with Gasteiger partial charge in [-0.2, -0.15) is 0 Å². The molecule has 0 spiro atoms. The first-order valence-corrected chi connectivity index (χ1v) is 4.92. The van der Waals surface area contributed by atoms with E-state index in [1.807, 2.05) is 6.92 Å². The molecule has 1 fully saturated rings. The van der Waals surface area contributed by atoms with Gasteiger partial charge in [0.1, 0.15) is 0 Å². The molecule has 1 heterocycles. The van der Waals surface area contributed by atoms with Crippen molar-refractivity contribution in [2.24, 2.45) is 0 Å². The number of nitrogens with one attached hydrogen (secondary N) is 2. The molecule has 1 rings (SSSR count). The average Bonchev–Trinajstić information content (AvgIpc) is 1.60. The molecule has 1 atom stereocenters. The van der Waals surface area contributed by atoms with Gasteiger partial charge in [0, 0.05) is 28.6 Å². The lowest BCUT2D eigenvalue weighted by molar-refractivity contribution is 0.521. The highest BCUT2D eigenvalue weighted by Crippen LogP contribution is 2.07. The van der Waals surface area contributed by atoms with Gasteiger partial charge in [-0.15, -0.1) is 0 Å². The van der Waals surface area contributed by atoms with Gasteiger partial charge in [0.2, 0.25) is 0 Å². The molecule has 9 heavy (non-hydrogen) atoms. The maximum Gasteiger partial charge on any atom is 0.0676 e. The van der Waals surface area contributed by atoms with Crippen molar-refractivity contribution in [3.05, 3.63) is 0 Å².